The molecule has 17 heavy (non-hydrogen) atoms. The second-order valence-corrected chi connectivity index (χ2v) is 5.17. The highest BCUT2D eigenvalue weighted by Crippen LogP contribution is 2.40. The number of hydrogen-bond acceptors (Lipinski definition) is 2. The molecule has 2 unspecified atom stereocenters. The summed E-state index contributed by atoms with van der Waals surface area (Å²) in [4.78, 5) is 0. The van der Waals surface area contributed by atoms with Crippen LogP contribution in [0.4, 0.5) is 0 Å². The van der Waals surface area contributed by atoms with Crippen LogP contribution in [0.25, 0.3) is 0 Å². The van der Waals surface area contributed by atoms with Crippen LogP contribution in [-0.4, -0.2) is 23.3 Å². The van der Waals surface area contributed by atoms with Crippen molar-refractivity contribution in [2.75, 3.05) is 6.54 Å². The van der Waals surface area contributed by atoms with E-state index in [1.165, 1.54) is 12.0 Å². The topological polar surface area (TPSA) is 32.3 Å². The summed E-state index contributed by atoms with van der Waals surface area (Å²) in [6.07, 6.45) is 2.84. The molecule has 0 bridgehead atoms. The van der Waals surface area contributed by atoms with Gasteiger partial charge in [-0.1, -0.05) is 44.2 Å². The average molecular weight is 233 g/mol. The zero-order valence-electron chi connectivity index (χ0n) is 10.8. The van der Waals surface area contributed by atoms with Crippen LogP contribution in [0.15, 0.2) is 30.3 Å². The first-order chi connectivity index (χ1) is 8.18. The first kappa shape index (κ1) is 12.6. The molecular formula is C15H23NO. The Bertz CT molecular complexity index is 345. The fraction of sp³-hybridized carbons (Fsp3) is 0.600. The molecule has 2 atom stereocenters. The second kappa shape index (κ2) is 5.19. The smallest absolute Gasteiger partial charge is 0.0766 e. The van der Waals surface area contributed by atoms with E-state index in [-0.39, 0.29) is 0 Å². The van der Waals surface area contributed by atoms with Crippen molar-refractivity contribution >= 4 is 0 Å². The van der Waals surface area contributed by atoms with E-state index >= 15 is 0 Å². The molecule has 0 spiro atoms. The minimum Gasteiger partial charge on any atom is -0.389 e. The number of aliphatic hydroxyl groups is 1. The summed E-state index contributed by atoms with van der Waals surface area (Å²) in [6, 6.07) is 11.2. The van der Waals surface area contributed by atoms with Gasteiger partial charge in [0, 0.05) is 18.5 Å². The van der Waals surface area contributed by atoms with Crippen molar-refractivity contribution in [2.24, 2.45) is 0 Å². The van der Waals surface area contributed by atoms with Crippen molar-refractivity contribution in [3.8, 4) is 0 Å². The highest BCUT2D eigenvalue weighted by molar-refractivity contribution is 5.27. The standard InChI is InChI=1S/C15H23NO/c1-3-15(17,4-2)11-16-14-10-13(14)12-8-6-5-7-9-12/h5-9,13-14,16-17H,3-4,10-11H2,1-2H3. The summed E-state index contributed by atoms with van der Waals surface area (Å²) in [5.41, 5.74) is 0.894. The minimum absolute atomic E-state index is 0.524. The van der Waals surface area contributed by atoms with Crippen LogP contribution in [0, 0.1) is 0 Å². The van der Waals surface area contributed by atoms with Crippen molar-refractivity contribution < 1.29 is 5.11 Å². The molecule has 1 fully saturated rings. The van der Waals surface area contributed by atoms with Gasteiger partial charge in [0.2, 0.25) is 0 Å². The Morgan fingerprint density at radius 2 is 1.88 bits per heavy atom. The molecular weight excluding hydrogens is 210 g/mol. The van der Waals surface area contributed by atoms with E-state index < -0.39 is 5.60 Å². The molecule has 2 heteroatoms. The van der Waals surface area contributed by atoms with Gasteiger partial charge in [0.15, 0.2) is 0 Å². The van der Waals surface area contributed by atoms with Crippen molar-refractivity contribution in [1.29, 1.82) is 0 Å². The van der Waals surface area contributed by atoms with E-state index in [4.69, 9.17) is 0 Å². The molecule has 0 aliphatic heterocycles. The van der Waals surface area contributed by atoms with Crippen LogP contribution in [-0.2, 0) is 0 Å². The lowest BCUT2D eigenvalue weighted by Gasteiger charge is -2.25. The molecule has 2 N–H and O–H groups in total. The summed E-state index contributed by atoms with van der Waals surface area (Å²) in [6.45, 7) is 4.81. The van der Waals surface area contributed by atoms with Crippen molar-refractivity contribution in [1.82, 2.24) is 5.32 Å². The van der Waals surface area contributed by atoms with E-state index in [2.05, 4.69) is 35.6 Å². The van der Waals surface area contributed by atoms with Crippen molar-refractivity contribution in [3.05, 3.63) is 35.9 Å². The van der Waals surface area contributed by atoms with Crippen LogP contribution >= 0.6 is 0 Å². The molecule has 94 valence electrons. The van der Waals surface area contributed by atoms with Gasteiger partial charge in [0.1, 0.15) is 0 Å². The molecule has 0 heterocycles. The number of nitrogens with one attached hydrogen (secondary N) is 1. The molecule has 1 aliphatic rings. The number of hydrogen-bond donors (Lipinski definition) is 2. The Morgan fingerprint density at radius 1 is 1.24 bits per heavy atom. The molecule has 1 aliphatic carbocycles. The summed E-state index contributed by atoms with van der Waals surface area (Å²) in [5.74, 6) is 0.647. The molecule has 0 amide bonds. The summed E-state index contributed by atoms with van der Waals surface area (Å²) in [7, 11) is 0. The Balaban J connectivity index is 1.81. The normalized spacial score (nSPS) is 23.7. The zero-order chi connectivity index (χ0) is 12.3. The van der Waals surface area contributed by atoms with E-state index in [0.29, 0.717) is 18.5 Å². The van der Waals surface area contributed by atoms with E-state index in [0.717, 1.165) is 12.8 Å². The van der Waals surface area contributed by atoms with Gasteiger partial charge in [0.05, 0.1) is 5.60 Å². The molecule has 2 nitrogen and oxygen atoms in total. The Labute approximate surface area is 104 Å². The maximum atomic E-state index is 10.2. The monoisotopic (exact) mass is 233 g/mol. The highest BCUT2D eigenvalue weighted by Gasteiger charge is 2.39. The summed E-state index contributed by atoms with van der Waals surface area (Å²) in [5, 5.41) is 13.7. The van der Waals surface area contributed by atoms with Crippen molar-refractivity contribution in [2.45, 2.75) is 50.7 Å². The van der Waals surface area contributed by atoms with Gasteiger partial charge in [0.25, 0.3) is 0 Å². The van der Waals surface area contributed by atoms with Gasteiger partial charge in [-0.3, -0.25) is 0 Å². The lowest BCUT2D eigenvalue weighted by Crippen LogP contribution is -2.40. The van der Waals surface area contributed by atoms with Gasteiger partial charge in [-0.25, -0.2) is 0 Å². The zero-order valence-corrected chi connectivity index (χ0v) is 10.8. The van der Waals surface area contributed by atoms with Crippen LogP contribution in [0.2, 0.25) is 0 Å². The quantitative estimate of drug-likeness (QED) is 0.792. The van der Waals surface area contributed by atoms with Crippen LogP contribution in [0.3, 0.4) is 0 Å². The second-order valence-electron chi connectivity index (χ2n) is 5.17. The third kappa shape index (κ3) is 3.08. The SMILES string of the molecule is CCC(O)(CC)CNC1CC1c1ccccc1. The van der Waals surface area contributed by atoms with Gasteiger partial charge in [-0.15, -0.1) is 0 Å². The van der Waals surface area contributed by atoms with Crippen molar-refractivity contribution in [3.63, 3.8) is 0 Å². The molecule has 0 radical (unpaired) electrons. The lowest BCUT2D eigenvalue weighted by atomic mass is 9.97. The third-order valence-electron chi connectivity index (χ3n) is 4.03. The van der Waals surface area contributed by atoms with Gasteiger partial charge in [-0.05, 0) is 24.8 Å². The molecule has 1 aromatic carbocycles. The maximum Gasteiger partial charge on any atom is 0.0766 e. The fourth-order valence-corrected chi connectivity index (χ4v) is 2.31. The van der Waals surface area contributed by atoms with Crippen LogP contribution in [0.1, 0.15) is 44.6 Å². The van der Waals surface area contributed by atoms with E-state index in [1.807, 2.05) is 13.8 Å². The Hall–Kier alpha value is -0.860. The number of rotatable bonds is 6. The van der Waals surface area contributed by atoms with E-state index in [9.17, 15) is 5.11 Å². The Kier molecular flexibility index (Phi) is 3.85. The van der Waals surface area contributed by atoms with Gasteiger partial charge in [-0.2, -0.15) is 0 Å². The summed E-state index contributed by atoms with van der Waals surface area (Å²) >= 11 is 0. The molecule has 0 saturated heterocycles. The molecule has 0 aromatic heterocycles. The van der Waals surface area contributed by atoms with Gasteiger partial charge >= 0.3 is 0 Å². The third-order valence-corrected chi connectivity index (χ3v) is 4.03. The molecule has 2 rings (SSSR count). The lowest BCUT2D eigenvalue weighted by molar-refractivity contribution is 0.0321. The van der Waals surface area contributed by atoms with Crippen LogP contribution < -0.4 is 5.32 Å². The average Bonchev–Trinajstić information content (AvgIpc) is 3.17. The summed E-state index contributed by atoms with van der Waals surface area (Å²) < 4.78 is 0. The Morgan fingerprint density at radius 3 is 2.47 bits per heavy atom. The number of benzene rings is 1. The van der Waals surface area contributed by atoms with E-state index in [1.54, 1.807) is 0 Å². The first-order valence-electron chi connectivity index (χ1n) is 6.69. The largest absolute Gasteiger partial charge is 0.389 e. The highest BCUT2D eigenvalue weighted by atomic mass is 16.3. The maximum absolute atomic E-state index is 10.2. The fourth-order valence-electron chi connectivity index (χ4n) is 2.31. The minimum atomic E-state index is -0.524. The molecule has 1 aromatic rings. The first-order valence-corrected chi connectivity index (χ1v) is 6.69. The van der Waals surface area contributed by atoms with Crippen LogP contribution in [0.5, 0.6) is 0 Å². The predicted molar refractivity (Wildman–Crippen MR) is 71.1 cm³/mol. The van der Waals surface area contributed by atoms with Gasteiger partial charge < -0.3 is 10.4 Å². The predicted octanol–water partition coefficient (Wildman–Crippen LogP) is 2.68. The molecule has 1 saturated carbocycles.